The van der Waals surface area contributed by atoms with Crippen LogP contribution in [0.4, 0.5) is 0 Å². The fourth-order valence-electron chi connectivity index (χ4n) is 21.6. The van der Waals surface area contributed by atoms with Crippen molar-refractivity contribution in [3.63, 3.8) is 0 Å². The molecule has 0 amide bonds. The number of carbonyl (C=O) groups is 6. The molecule has 0 saturated heterocycles. The van der Waals surface area contributed by atoms with Crippen molar-refractivity contribution in [3.8, 4) is 34.5 Å². The van der Waals surface area contributed by atoms with Crippen molar-refractivity contribution in [2.75, 3.05) is 79.3 Å². The van der Waals surface area contributed by atoms with Crippen LogP contribution in [0.15, 0.2) is 72.8 Å². The van der Waals surface area contributed by atoms with Gasteiger partial charge in [-0.25, -0.2) is 28.8 Å². The molecule has 18 heteroatoms. The normalized spacial score (nSPS) is 13.5. The zero-order valence-corrected chi connectivity index (χ0v) is 88.2. The Morgan fingerprint density at radius 2 is 0.371 bits per heavy atom. The molecule has 0 saturated carbocycles. The molecule has 0 unspecified atom stereocenters. The molecule has 1 aliphatic carbocycles. The molecular formula is C114H168O18. The highest BCUT2D eigenvalue weighted by atomic mass is 16.6. The van der Waals surface area contributed by atoms with Gasteiger partial charge in [0.05, 0.1) is 39.6 Å². The number of hydrogen-bond acceptors (Lipinski definition) is 18. The number of carbonyl (C=O) groups excluding carboxylic acids is 6. The molecule has 132 heavy (non-hydrogen) atoms. The van der Waals surface area contributed by atoms with Crippen LogP contribution in [0.3, 0.4) is 0 Å². The van der Waals surface area contributed by atoms with Crippen LogP contribution < -0.4 is 28.4 Å². The van der Waals surface area contributed by atoms with Gasteiger partial charge in [-0.1, -0.05) is 281 Å². The van der Waals surface area contributed by atoms with E-state index < -0.39 is 108 Å². The zero-order chi connectivity index (χ0) is 99.3. The van der Waals surface area contributed by atoms with Gasteiger partial charge >= 0.3 is 35.8 Å². The van der Waals surface area contributed by atoms with Gasteiger partial charge in [0, 0.05) is 44.1 Å². The van der Waals surface area contributed by atoms with Crippen LogP contribution in [0, 0.1) is 32.5 Å². The summed E-state index contributed by atoms with van der Waals surface area (Å²) in [4.78, 5) is 86.5. The minimum Gasteiger partial charge on any atom is -0.481 e. The molecule has 1 aliphatic rings. The summed E-state index contributed by atoms with van der Waals surface area (Å²) in [7, 11) is 0. The average Bonchev–Trinajstić information content (AvgIpc) is 0.735. The van der Waals surface area contributed by atoms with Crippen LogP contribution >= 0.6 is 0 Å². The minimum absolute atomic E-state index is 0.0984. The fraction of sp³-hybridized carbons (Fsp3) is 0.632. The van der Waals surface area contributed by atoms with Crippen molar-refractivity contribution < 1.29 is 85.6 Å². The summed E-state index contributed by atoms with van der Waals surface area (Å²) in [6.07, 6.45) is 5.02. The van der Waals surface area contributed by atoms with Crippen LogP contribution in [0.25, 0.3) is 0 Å². The van der Waals surface area contributed by atoms with Gasteiger partial charge in [0.15, 0.2) is 39.6 Å². The van der Waals surface area contributed by atoms with E-state index in [1.807, 2.05) is 0 Å². The van der Waals surface area contributed by atoms with Crippen molar-refractivity contribution >= 4 is 35.8 Å². The number of ether oxygens (including phenoxy) is 12. The summed E-state index contributed by atoms with van der Waals surface area (Å²) in [5.74, 6) is -1.03. The van der Waals surface area contributed by atoms with E-state index in [0.29, 0.717) is 102 Å². The molecule has 0 atom stereocenters. The lowest BCUT2D eigenvalue weighted by Gasteiger charge is -2.36. The van der Waals surface area contributed by atoms with E-state index in [9.17, 15) is 28.8 Å². The number of rotatable bonds is 36. The predicted molar refractivity (Wildman–Crippen MR) is 531 cm³/mol. The van der Waals surface area contributed by atoms with Crippen LogP contribution in [0.1, 0.15) is 388 Å². The van der Waals surface area contributed by atoms with E-state index in [4.69, 9.17) is 56.8 Å². The van der Waals surface area contributed by atoms with Gasteiger partial charge in [-0.3, -0.25) is 0 Å². The van der Waals surface area contributed by atoms with Crippen LogP contribution in [-0.4, -0.2) is 115 Å². The summed E-state index contributed by atoms with van der Waals surface area (Å²) in [6, 6.07) is 26.4. The Morgan fingerprint density at radius 3 is 0.545 bits per heavy atom. The lowest BCUT2D eigenvalue weighted by Crippen LogP contribution is -2.28. The first-order valence-corrected chi connectivity index (χ1v) is 48.4. The van der Waals surface area contributed by atoms with Gasteiger partial charge < -0.3 is 56.8 Å². The largest absolute Gasteiger partial charge is 0.481 e. The van der Waals surface area contributed by atoms with Crippen molar-refractivity contribution in [1.82, 2.24) is 0 Å². The second-order valence-electron chi connectivity index (χ2n) is 48.0. The molecule has 0 aromatic heterocycles. The molecular weight excluding hydrogens is 1660 g/mol. The second kappa shape index (κ2) is 44.2. The summed E-state index contributed by atoms with van der Waals surface area (Å²) in [5, 5.41) is 0. The molecule has 12 bridgehead atoms. The monoisotopic (exact) mass is 1830 g/mol. The third-order valence-corrected chi connectivity index (χ3v) is 24.1. The maximum Gasteiger partial charge on any atom is 0.344 e. The first-order valence-electron chi connectivity index (χ1n) is 48.4. The minimum atomic E-state index is -0.622. The Bertz CT molecular complexity index is 4980. The van der Waals surface area contributed by atoms with E-state index in [0.717, 1.165) is 71.0 Å². The van der Waals surface area contributed by atoms with E-state index in [1.54, 1.807) is 41.5 Å². The van der Waals surface area contributed by atoms with Crippen molar-refractivity contribution in [2.24, 2.45) is 32.5 Å². The SMILES string of the molecule is CCOC(=O)COc1c2cc(C(C)(C)CC(C)(C)C)cc1Cc1cc(C(C)(C)CC(C)(C)C)cc(c1OCC(=O)OCC)Cc1cc(C(C)(C)CC(C)(C)C)cc(c1OCC(=O)OCC)Cc1c(C(C)(C)CC(C)(C)C)ccc(c1OCC(=O)OCC)Cc1cc(C(C)(C)CC(C)(C)C)cc(c1OCC(=O)OCC)Cc1cc(C(C)(C)CC(C)(C)C)cc(c1OCC(=O)OCC)C2. The molecule has 0 aliphatic heterocycles. The number of hydrogen-bond donors (Lipinski definition) is 0. The Morgan fingerprint density at radius 1 is 0.212 bits per heavy atom. The molecule has 0 N–H and O–H groups in total. The maximum absolute atomic E-state index is 14.5. The summed E-state index contributed by atoms with van der Waals surface area (Å²) in [5.41, 5.74) is 9.66. The van der Waals surface area contributed by atoms with Gasteiger partial charge in [0.1, 0.15) is 34.5 Å². The van der Waals surface area contributed by atoms with Crippen molar-refractivity contribution in [2.45, 2.75) is 359 Å². The highest BCUT2D eigenvalue weighted by Gasteiger charge is 2.40. The molecule has 732 valence electrons. The van der Waals surface area contributed by atoms with Gasteiger partial charge in [-0.2, -0.15) is 0 Å². The Kier molecular flexibility index (Phi) is 36.8. The molecule has 0 radical (unpaired) electrons. The first-order chi connectivity index (χ1) is 60.7. The third kappa shape index (κ3) is 32.3. The number of fused-ring (bicyclic) bond motifs is 12. The van der Waals surface area contributed by atoms with Crippen LogP contribution in [-0.2, 0) is 128 Å². The van der Waals surface area contributed by atoms with Crippen LogP contribution in [0.2, 0.25) is 0 Å². The third-order valence-electron chi connectivity index (χ3n) is 24.1. The van der Waals surface area contributed by atoms with Gasteiger partial charge in [-0.15, -0.1) is 0 Å². The van der Waals surface area contributed by atoms with Gasteiger partial charge in [0.25, 0.3) is 0 Å². The molecule has 6 aromatic carbocycles. The standard InChI is InChI=1S/C114H168O18/c1-37-121-91(115)61-127-97-74-45-73-43-44-90(114(35,36)72-108(22,23)24)89(102(73)132-66-96(120)126-42-6)60-83-59-88(113(33,34)71-107(19,20)21)58-82(101(83)131-65-95(119)125-41-5)49-81-57-87(112(31,32)70-106(16,17)18)56-80(100(81)130-64-94(118)124-40-4)48-79-55-86(111(29,30)69-105(13,14)15)54-78(99(79)129-63-93(117)123-39-3)47-77-53-85(110(27,28)68-104(10,11)12)52-76(98(77)128-62-92(116)122-38-2)46-75(97)51-84(50-74)109(25,26)67-103(7,8)9/h43-44,50-59H,37-42,45-49,60-72H2,1-36H3. The van der Waals surface area contributed by atoms with E-state index >= 15 is 0 Å². The average molecular weight is 1830 g/mol. The van der Waals surface area contributed by atoms with E-state index in [2.05, 4.69) is 281 Å². The molecule has 0 fully saturated rings. The first kappa shape index (κ1) is 110. The molecule has 18 nitrogen and oxygen atoms in total. The maximum atomic E-state index is 14.5. The topological polar surface area (TPSA) is 213 Å². The Hall–Kier alpha value is -9.06. The summed E-state index contributed by atoms with van der Waals surface area (Å²) >= 11 is 0. The fourth-order valence-corrected chi connectivity index (χ4v) is 21.6. The molecule has 6 aromatic rings. The predicted octanol–water partition coefficient (Wildman–Crippen LogP) is 25.5. The Balaban J connectivity index is 1.99. The number of esters is 6. The van der Waals surface area contributed by atoms with E-state index in [1.165, 1.54) is 0 Å². The quantitative estimate of drug-likeness (QED) is 0.0264. The van der Waals surface area contributed by atoms with Gasteiger partial charge in [0.2, 0.25) is 0 Å². The van der Waals surface area contributed by atoms with E-state index in [-0.39, 0.29) is 111 Å². The number of benzene rings is 6. The van der Waals surface area contributed by atoms with Crippen molar-refractivity contribution in [1.29, 1.82) is 0 Å². The smallest absolute Gasteiger partial charge is 0.344 e. The molecule has 7 rings (SSSR count). The van der Waals surface area contributed by atoms with Crippen molar-refractivity contribution in [3.05, 3.63) is 173 Å². The molecule has 0 spiro atoms. The summed E-state index contributed by atoms with van der Waals surface area (Å²) in [6.45, 7) is 76.0. The zero-order valence-electron chi connectivity index (χ0n) is 88.2. The van der Waals surface area contributed by atoms with Gasteiger partial charge in [-0.05, 0) is 240 Å². The van der Waals surface area contributed by atoms with Crippen LogP contribution in [0.5, 0.6) is 34.5 Å². The molecule has 0 heterocycles. The highest BCUT2D eigenvalue weighted by Crippen LogP contribution is 2.52. The Labute approximate surface area is 795 Å². The lowest BCUT2D eigenvalue weighted by molar-refractivity contribution is -0.146. The lowest BCUT2D eigenvalue weighted by atomic mass is 9.69. The second-order valence-corrected chi connectivity index (χ2v) is 48.0. The highest BCUT2D eigenvalue weighted by molar-refractivity contribution is 5.75. The summed E-state index contributed by atoms with van der Waals surface area (Å²) < 4.78 is 78.4.